The van der Waals surface area contributed by atoms with Gasteiger partial charge < -0.3 is 95.1 Å². The van der Waals surface area contributed by atoms with Gasteiger partial charge in [0, 0.05) is 74.7 Å². The number of carbonyl (C=O) groups is 4. The van der Waals surface area contributed by atoms with Crippen molar-refractivity contribution in [3.63, 3.8) is 0 Å². The average molecular weight is 1450 g/mol. The molecule has 7 saturated heterocycles. The SMILES string of the molecule is CCC1O[C@H](OCC2O[C@H](OCC3O[C@@H](O[C@@H]4C(CC)O[C@@H](O[C@@H]5C(CC)O[C@@H](OCCN=[N+]=[N-])C(C)[C@H]5C)C(C)[C@@H]4C)C(OC(C)=O)[C@@H](O[C@H]4O[C@@H](CC)[C@@H](C)C(C)C4OC(C)=O)[C@@H]3O)C(OCc3ccccc3)[C@H](O[C@H]3O[C@@H](CC)[C@@H](C)C(C)C3OC(C)=O)[C@@H]2C)C(OC(C)=O)[C@H](C)[C@@H]1C. The fraction of sp³-hybridized carbons (Fsp3) is 0.867. The number of aliphatic hydroxyl groups is 1. The predicted octanol–water partition coefficient (Wildman–Crippen LogP) is 10.7. The lowest BCUT2D eigenvalue weighted by Gasteiger charge is -2.52. The van der Waals surface area contributed by atoms with Gasteiger partial charge in [-0.1, -0.05) is 146 Å². The molecule has 1 aromatic carbocycles. The summed E-state index contributed by atoms with van der Waals surface area (Å²) in [6, 6.07) is 9.55. The zero-order chi connectivity index (χ0) is 74.5. The Balaban J connectivity index is 1.17. The van der Waals surface area contributed by atoms with Gasteiger partial charge in [-0.3, -0.25) is 19.2 Å². The Kier molecular flexibility index (Phi) is 31.5. The Labute approximate surface area is 603 Å². The lowest BCUT2D eigenvalue weighted by Crippen LogP contribution is -2.66. The Bertz CT molecular complexity index is 2820. The molecule has 1 aromatic rings. The first-order valence-corrected chi connectivity index (χ1v) is 37.7. The number of benzene rings is 1. The lowest BCUT2D eigenvalue weighted by atomic mass is 9.82. The van der Waals surface area contributed by atoms with Crippen molar-refractivity contribution >= 4 is 23.9 Å². The number of aliphatic hydroxyl groups excluding tert-OH is 1. The minimum atomic E-state index is -1.70. The van der Waals surface area contributed by atoms with E-state index in [-0.39, 0.29) is 110 Å². The first-order chi connectivity index (χ1) is 48.6. The van der Waals surface area contributed by atoms with Crippen LogP contribution in [0.25, 0.3) is 10.4 Å². The van der Waals surface area contributed by atoms with E-state index < -0.39 is 160 Å². The van der Waals surface area contributed by atoms with Crippen molar-refractivity contribution in [2.75, 3.05) is 26.4 Å². The highest BCUT2D eigenvalue weighted by Crippen LogP contribution is 2.45. The topological polar surface area (TPSA) is 313 Å². The third-order valence-corrected chi connectivity index (χ3v) is 23.1. The monoisotopic (exact) mass is 1450 g/mol. The van der Waals surface area contributed by atoms with E-state index in [9.17, 15) is 24.3 Å². The number of hydrogen-bond donors (Lipinski definition) is 1. The van der Waals surface area contributed by atoms with Gasteiger partial charge in [0.1, 0.15) is 24.4 Å². The molecule has 0 aromatic heterocycles. The Morgan fingerprint density at radius 3 is 1.23 bits per heavy atom. The van der Waals surface area contributed by atoms with Crippen LogP contribution >= 0.6 is 0 Å². The van der Waals surface area contributed by atoms with Gasteiger partial charge in [-0.15, -0.1) is 0 Å². The Morgan fingerprint density at radius 1 is 0.382 bits per heavy atom. The van der Waals surface area contributed by atoms with E-state index in [0.717, 1.165) is 5.56 Å². The standard InChI is InChI=1S/C75H121N3O24/c1-21-52-36(6)39(9)63(88-47(17)79)71(92-52)86-34-57-46(16)62(101-73-64(89-48(18)80)40(10)37(7)53(22-2)93-73)67(85-33-51-29-27-26-28-30-51)72(97-57)87-35-58-59(83)66(102-74-65(90-49(19)81)41(11)38(8)54(23-3)94-74)68(91-50(20)82)75(98-58)100-61-43(13)45(15)70(96-56(61)25-5)99-60-42(12)44(14)69(95-55(60)24-4)84-32-31-77-78-76/h26-30,36-46,52-75,83H,21-25,31-35H2,1-20H3/t36-,37-,38-,39+,40?,41?,42+,43-,44?,45?,46+,52?,53-,54-,55?,56?,57?,58?,59+,60-,61-,62+,63?,64?,65?,66-,67?,68?,69+,70-,71-,72-,73+,74+,75-/m0/s1. The minimum absolute atomic E-state index is 0.0222. The number of hydrogen-bond acceptors (Lipinski definition) is 25. The third-order valence-electron chi connectivity index (χ3n) is 23.1. The zero-order valence-corrected chi connectivity index (χ0v) is 63.8. The largest absolute Gasteiger partial charge is 0.457 e. The van der Waals surface area contributed by atoms with Crippen LogP contribution in [0.3, 0.4) is 0 Å². The van der Waals surface area contributed by atoms with Gasteiger partial charge in [0.25, 0.3) is 0 Å². The first kappa shape index (κ1) is 83.4. The second-order valence-corrected chi connectivity index (χ2v) is 29.7. The van der Waals surface area contributed by atoms with Gasteiger partial charge in [0.2, 0.25) is 0 Å². The zero-order valence-electron chi connectivity index (χ0n) is 63.8. The smallest absolute Gasteiger partial charge is 0.303 e. The molecule has 27 heteroatoms. The molecule has 0 radical (unpaired) electrons. The Morgan fingerprint density at radius 2 is 0.745 bits per heavy atom. The van der Waals surface area contributed by atoms with Gasteiger partial charge in [-0.2, -0.15) is 0 Å². The Hall–Kier alpha value is -4.23. The molecule has 0 saturated carbocycles. The van der Waals surface area contributed by atoms with Gasteiger partial charge >= 0.3 is 23.9 Å². The fourth-order valence-corrected chi connectivity index (χ4v) is 15.9. The van der Waals surface area contributed by atoms with Crippen molar-refractivity contribution in [1.29, 1.82) is 0 Å². The highest BCUT2D eigenvalue weighted by molar-refractivity contribution is 5.67. The summed E-state index contributed by atoms with van der Waals surface area (Å²) in [6.07, 6.45) is -19.2. The average Bonchev–Trinajstić information content (AvgIpc) is 0.773. The van der Waals surface area contributed by atoms with Crippen molar-refractivity contribution in [1.82, 2.24) is 0 Å². The second kappa shape index (κ2) is 38.5. The molecular formula is C75H121N3O24. The fourth-order valence-electron chi connectivity index (χ4n) is 15.9. The van der Waals surface area contributed by atoms with Crippen LogP contribution in [0, 0.1) is 65.1 Å². The maximum atomic E-state index is 13.6. The number of azide groups is 1. The molecule has 1 N–H and O–H groups in total. The highest BCUT2D eigenvalue weighted by atomic mass is 16.8. The van der Waals surface area contributed by atoms with Crippen LogP contribution < -0.4 is 0 Å². The number of esters is 4. The van der Waals surface area contributed by atoms with E-state index in [1.54, 1.807) is 0 Å². The van der Waals surface area contributed by atoms with E-state index in [0.29, 0.717) is 32.1 Å². The van der Waals surface area contributed by atoms with Crippen LogP contribution in [0.5, 0.6) is 0 Å². The summed E-state index contributed by atoms with van der Waals surface area (Å²) in [5.41, 5.74) is 9.67. The summed E-state index contributed by atoms with van der Waals surface area (Å²) in [5.74, 6) is -4.44. The molecule has 7 fully saturated rings. The van der Waals surface area contributed by atoms with Crippen LogP contribution in [0.15, 0.2) is 35.4 Å². The van der Waals surface area contributed by atoms with E-state index in [4.69, 9.17) is 95.5 Å². The molecular weight excluding hydrogens is 1330 g/mol. The van der Waals surface area contributed by atoms with E-state index in [1.807, 2.05) is 120 Å². The molecule has 580 valence electrons. The maximum absolute atomic E-state index is 13.6. The molecule has 8 rings (SSSR count). The number of ether oxygens (including phenoxy) is 19. The van der Waals surface area contributed by atoms with Crippen molar-refractivity contribution < 1.29 is 114 Å². The molecule has 0 spiro atoms. The van der Waals surface area contributed by atoms with Crippen LogP contribution in [0.2, 0.25) is 0 Å². The van der Waals surface area contributed by atoms with E-state index >= 15 is 0 Å². The van der Waals surface area contributed by atoms with Crippen molar-refractivity contribution in [2.24, 2.45) is 70.2 Å². The van der Waals surface area contributed by atoms with Crippen LogP contribution in [0.4, 0.5) is 0 Å². The molecule has 7 aliphatic rings. The van der Waals surface area contributed by atoms with Crippen LogP contribution in [-0.2, 0) is 116 Å². The summed E-state index contributed by atoms with van der Waals surface area (Å²) in [4.78, 5) is 55.3. The van der Waals surface area contributed by atoms with Crippen molar-refractivity contribution in [2.45, 2.75) is 325 Å². The first-order valence-electron chi connectivity index (χ1n) is 37.7. The molecule has 14 unspecified atom stereocenters. The van der Waals surface area contributed by atoms with Crippen molar-refractivity contribution in [3.8, 4) is 0 Å². The van der Waals surface area contributed by atoms with Gasteiger partial charge in [0.15, 0.2) is 68.4 Å². The summed E-state index contributed by atoms with van der Waals surface area (Å²) >= 11 is 0. The van der Waals surface area contributed by atoms with Gasteiger partial charge in [-0.25, -0.2) is 0 Å². The maximum Gasteiger partial charge on any atom is 0.303 e. The molecule has 0 aliphatic carbocycles. The van der Waals surface area contributed by atoms with Crippen LogP contribution in [-0.4, -0.2) is 203 Å². The molecule has 0 amide bonds. The quantitative estimate of drug-likeness (QED) is 0.0187. The molecule has 7 aliphatic heterocycles. The summed E-state index contributed by atoms with van der Waals surface area (Å²) < 4.78 is 127. The normalized spacial score (nSPS) is 43.2. The van der Waals surface area contributed by atoms with E-state index in [2.05, 4.69) is 30.8 Å². The summed E-state index contributed by atoms with van der Waals surface area (Å²) in [6.45, 7) is 37.4. The predicted molar refractivity (Wildman–Crippen MR) is 367 cm³/mol. The lowest BCUT2D eigenvalue weighted by molar-refractivity contribution is -0.383. The number of nitrogens with zero attached hydrogens (tertiary/aromatic N) is 3. The van der Waals surface area contributed by atoms with Crippen LogP contribution in [0.1, 0.15) is 176 Å². The number of rotatable bonds is 30. The molecule has 35 atom stereocenters. The molecule has 27 nitrogen and oxygen atoms in total. The van der Waals surface area contributed by atoms with Crippen molar-refractivity contribution in [3.05, 3.63) is 46.3 Å². The number of carbonyl (C=O) groups excluding carboxylic acids is 4. The molecule has 0 bridgehead atoms. The highest BCUT2D eigenvalue weighted by Gasteiger charge is 2.58. The van der Waals surface area contributed by atoms with Gasteiger partial charge in [0.05, 0.1) is 81.4 Å². The third kappa shape index (κ3) is 20.1. The summed E-state index contributed by atoms with van der Waals surface area (Å²) in [7, 11) is 0. The second-order valence-electron chi connectivity index (χ2n) is 29.7. The van der Waals surface area contributed by atoms with E-state index in [1.165, 1.54) is 27.7 Å². The molecule has 7 heterocycles. The van der Waals surface area contributed by atoms with Gasteiger partial charge in [-0.05, 0) is 72.8 Å². The molecule has 102 heavy (non-hydrogen) atoms. The summed E-state index contributed by atoms with van der Waals surface area (Å²) in [5, 5.41) is 16.8. The minimum Gasteiger partial charge on any atom is -0.457 e.